The minimum atomic E-state index is 0.185. The van der Waals surface area contributed by atoms with Crippen molar-refractivity contribution in [2.45, 2.75) is 26.9 Å². The lowest BCUT2D eigenvalue weighted by Gasteiger charge is -2.10. The number of aldehydes is 1. The molecule has 0 spiro atoms. The summed E-state index contributed by atoms with van der Waals surface area (Å²) in [5, 5.41) is 3.80. The standard InChI is InChI=1S/C14H16N2O4/c1-3-14-15-13(16-20-14)9-19-11-6-5-10(8-17)7-12(11)18-4-2/h5-8H,3-4,9H2,1-2H3. The quantitative estimate of drug-likeness (QED) is 0.723. The maximum Gasteiger partial charge on any atom is 0.226 e. The van der Waals surface area contributed by atoms with Gasteiger partial charge in [0.15, 0.2) is 18.1 Å². The summed E-state index contributed by atoms with van der Waals surface area (Å²) in [6.45, 7) is 4.47. The molecule has 0 aliphatic heterocycles. The molecule has 0 amide bonds. The number of rotatable bonds is 7. The first-order chi connectivity index (χ1) is 9.76. The van der Waals surface area contributed by atoms with Crippen molar-refractivity contribution in [3.05, 3.63) is 35.5 Å². The molecule has 20 heavy (non-hydrogen) atoms. The van der Waals surface area contributed by atoms with Gasteiger partial charge < -0.3 is 14.0 Å². The molecule has 0 saturated carbocycles. The number of carbonyl (C=O) groups is 1. The fraction of sp³-hybridized carbons (Fsp3) is 0.357. The van der Waals surface area contributed by atoms with Crippen molar-refractivity contribution >= 4 is 6.29 Å². The Hall–Kier alpha value is -2.37. The van der Waals surface area contributed by atoms with Gasteiger partial charge in [0, 0.05) is 12.0 Å². The van der Waals surface area contributed by atoms with Crippen molar-refractivity contribution in [2.24, 2.45) is 0 Å². The average Bonchev–Trinajstić information content (AvgIpc) is 2.94. The molecule has 1 aromatic carbocycles. The zero-order chi connectivity index (χ0) is 14.4. The molecular formula is C14H16N2O4. The molecule has 0 atom stereocenters. The molecular weight excluding hydrogens is 260 g/mol. The van der Waals surface area contributed by atoms with Gasteiger partial charge in [-0.05, 0) is 25.1 Å². The summed E-state index contributed by atoms with van der Waals surface area (Å²) in [6.07, 6.45) is 1.45. The number of hydrogen-bond acceptors (Lipinski definition) is 6. The Morgan fingerprint density at radius 1 is 1.25 bits per heavy atom. The van der Waals surface area contributed by atoms with Gasteiger partial charge in [-0.1, -0.05) is 12.1 Å². The van der Waals surface area contributed by atoms with Crippen molar-refractivity contribution in [3.63, 3.8) is 0 Å². The Kier molecular flexibility index (Phi) is 4.70. The van der Waals surface area contributed by atoms with Crippen molar-refractivity contribution < 1.29 is 18.8 Å². The van der Waals surface area contributed by atoms with E-state index in [0.717, 1.165) is 6.29 Å². The molecule has 2 aromatic rings. The van der Waals surface area contributed by atoms with Crippen molar-refractivity contribution in [2.75, 3.05) is 6.61 Å². The van der Waals surface area contributed by atoms with Gasteiger partial charge in [-0.2, -0.15) is 4.98 Å². The van der Waals surface area contributed by atoms with Crippen LogP contribution in [0.25, 0.3) is 0 Å². The third kappa shape index (κ3) is 3.34. The van der Waals surface area contributed by atoms with Gasteiger partial charge in [-0.3, -0.25) is 4.79 Å². The van der Waals surface area contributed by atoms with E-state index in [0.29, 0.717) is 41.8 Å². The van der Waals surface area contributed by atoms with E-state index in [1.54, 1.807) is 18.2 Å². The zero-order valence-electron chi connectivity index (χ0n) is 11.5. The number of aromatic nitrogens is 2. The van der Waals surface area contributed by atoms with Crippen LogP contribution in [0.4, 0.5) is 0 Å². The summed E-state index contributed by atoms with van der Waals surface area (Å²) in [5.41, 5.74) is 0.536. The van der Waals surface area contributed by atoms with Crippen LogP contribution in [0.5, 0.6) is 11.5 Å². The van der Waals surface area contributed by atoms with Crippen molar-refractivity contribution in [1.29, 1.82) is 0 Å². The normalized spacial score (nSPS) is 10.3. The summed E-state index contributed by atoms with van der Waals surface area (Å²) in [6, 6.07) is 4.99. The Labute approximate surface area is 116 Å². The minimum absolute atomic E-state index is 0.185. The number of aryl methyl sites for hydroxylation is 1. The lowest BCUT2D eigenvalue weighted by atomic mass is 10.2. The zero-order valence-corrected chi connectivity index (χ0v) is 11.5. The van der Waals surface area contributed by atoms with Crippen LogP contribution in [0.3, 0.4) is 0 Å². The first-order valence-electron chi connectivity index (χ1n) is 6.43. The van der Waals surface area contributed by atoms with E-state index in [9.17, 15) is 4.79 Å². The second-order valence-electron chi connectivity index (χ2n) is 4.00. The van der Waals surface area contributed by atoms with Gasteiger partial charge in [0.1, 0.15) is 6.29 Å². The second-order valence-corrected chi connectivity index (χ2v) is 4.00. The van der Waals surface area contributed by atoms with Crippen LogP contribution in [-0.4, -0.2) is 23.0 Å². The molecule has 106 valence electrons. The van der Waals surface area contributed by atoms with E-state index in [2.05, 4.69) is 10.1 Å². The van der Waals surface area contributed by atoms with Crippen LogP contribution >= 0.6 is 0 Å². The van der Waals surface area contributed by atoms with Gasteiger partial charge in [0.05, 0.1) is 6.61 Å². The molecule has 2 rings (SSSR count). The molecule has 0 N–H and O–H groups in total. The van der Waals surface area contributed by atoms with Crippen LogP contribution in [0, 0.1) is 0 Å². The number of hydrogen-bond donors (Lipinski definition) is 0. The maximum atomic E-state index is 10.8. The lowest BCUT2D eigenvalue weighted by molar-refractivity contribution is 0.112. The maximum absolute atomic E-state index is 10.8. The number of carbonyl (C=O) groups excluding carboxylic acids is 1. The molecule has 1 aromatic heterocycles. The topological polar surface area (TPSA) is 74.5 Å². The molecule has 6 heteroatoms. The third-order valence-electron chi connectivity index (χ3n) is 2.57. The van der Waals surface area contributed by atoms with E-state index in [1.807, 2.05) is 13.8 Å². The van der Waals surface area contributed by atoms with Gasteiger partial charge in [0.2, 0.25) is 11.7 Å². The molecule has 6 nitrogen and oxygen atoms in total. The van der Waals surface area contributed by atoms with E-state index >= 15 is 0 Å². The van der Waals surface area contributed by atoms with E-state index in [1.165, 1.54) is 0 Å². The molecule has 0 saturated heterocycles. The molecule has 1 heterocycles. The molecule has 0 unspecified atom stereocenters. The van der Waals surface area contributed by atoms with E-state index < -0.39 is 0 Å². The first-order valence-corrected chi connectivity index (χ1v) is 6.43. The first kappa shape index (κ1) is 14.0. The van der Waals surface area contributed by atoms with Crippen LogP contribution in [-0.2, 0) is 13.0 Å². The predicted octanol–water partition coefficient (Wildman–Crippen LogP) is 2.42. The van der Waals surface area contributed by atoms with Crippen LogP contribution in [0.1, 0.15) is 35.9 Å². The largest absolute Gasteiger partial charge is 0.490 e. The van der Waals surface area contributed by atoms with Crippen molar-refractivity contribution in [3.8, 4) is 11.5 Å². The summed E-state index contributed by atoms with van der Waals surface area (Å²) >= 11 is 0. The monoisotopic (exact) mass is 276 g/mol. The fourth-order valence-electron chi connectivity index (χ4n) is 1.62. The third-order valence-corrected chi connectivity index (χ3v) is 2.57. The number of ether oxygens (including phenoxy) is 2. The number of nitrogens with zero attached hydrogens (tertiary/aromatic N) is 2. The summed E-state index contributed by atoms with van der Waals surface area (Å²) < 4.78 is 16.1. The van der Waals surface area contributed by atoms with Crippen molar-refractivity contribution in [1.82, 2.24) is 10.1 Å². The summed E-state index contributed by atoms with van der Waals surface area (Å²) in [7, 11) is 0. The lowest BCUT2D eigenvalue weighted by Crippen LogP contribution is -2.01. The highest BCUT2D eigenvalue weighted by molar-refractivity contribution is 5.76. The van der Waals surface area contributed by atoms with E-state index in [4.69, 9.17) is 14.0 Å². The minimum Gasteiger partial charge on any atom is -0.490 e. The molecule has 0 radical (unpaired) electrons. The highest BCUT2D eigenvalue weighted by Gasteiger charge is 2.09. The van der Waals surface area contributed by atoms with Gasteiger partial charge in [-0.25, -0.2) is 0 Å². The van der Waals surface area contributed by atoms with Gasteiger partial charge in [-0.15, -0.1) is 0 Å². The molecule has 0 bridgehead atoms. The number of benzene rings is 1. The molecule has 0 aliphatic rings. The Morgan fingerprint density at radius 3 is 2.75 bits per heavy atom. The molecule has 0 fully saturated rings. The SMILES string of the molecule is CCOc1cc(C=O)ccc1OCc1noc(CC)n1. The van der Waals surface area contributed by atoms with E-state index in [-0.39, 0.29) is 6.61 Å². The fourth-order valence-corrected chi connectivity index (χ4v) is 1.62. The van der Waals surface area contributed by atoms with Crippen LogP contribution in [0.15, 0.2) is 22.7 Å². The Balaban J connectivity index is 2.09. The Morgan fingerprint density at radius 2 is 2.10 bits per heavy atom. The summed E-state index contributed by atoms with van der Waals surface area (Å²) in [4.78, 5) is 14.9. The highest BCUT2D eigenvalue weighted by atomic mass is 16.5. The second kappa shape index (κ2) is 6.70. The van der Waals surface area contributed by atoms with Crippen LogP contribution in [0.2, 0.25) is 0 Å². The van der Waals surface area contributed by atoms with Crippen LogP contribution < -0.4 is 9.47 Å². The predicted molar refractivity (Wildman–Crippen MR) is 71.0 cm³/mol. The Bertz CT molecular complexity index is 580. The highest BCUT2D eigenvalue weighted by Crippen LogP contribution is 2.28. The van der Waals surface area contributed by atoms with Gasteiger partial charge >= 0.3 is 0 Å². The van der Waals surface area contributed by atoms with Gasteiger partial charge in [0.25, 0.3) is 0 Å². The smallest absolute Gasteiger partial charge is 0.226 e. The average molecular weight is 276 g/mol. The molecule has 0 aliphatic carbocycles. The summed E-state index contributed by atoms with van der Waals surface area (Å²) in [5.74, 6) is 2.12.